The number of carbonyl (C=O) groups excluding carboxylic acids is 7. The SMILES string of the molecule is CC(C)[C@@H](OCCOc1ccccc1)C(=O)C[C@@H](C)c1ccc(C(=O)O)cc1.COC(=O)c1ccc([C@H](C)CC(=O)[C@H](O)C(C)C)cc1.COC(=O)c1ccc([C@H](C)CC(=O)[C@H](OCCOc2ccccc2)C(C)C)cc1.COC(=O)c1ccc([C@H](C)CC(=O)[C@H](OS(C)(=O)=O)C(C)C)cc1.OCCOc1ccccc1. The van der Waals surface area contributed by atoms with Gasteiger partial charge in [0.25, 0.3) is 10.1 Å². The quantitative estimate of drug-likeness (QED) is 0.0139. The predicted octanol–water partition coefficient (Wildman–Crippen LogP) is 15.4. The minimum atomic E-state index is -3.70. The van der Waals surface area contributed by atoms with Gasteiger partial charge in [0.05, 0.1) is 69.7 Å². The number of rotatable bonds is 39. The average Bonchev–Trinajstić information content (AvgIpc) is 0.860. The molecule has 0 fully saturated rings. The van der Waals surface area contributed by atoms with Crippen molar-refractivity contribution in [2.24, 2.45) is 23.7 Å². The number of para-hydroxylation sites is 3. The summed E-state index contributed by atoms with van der Waals surface area (Å²) in [5.41, 5.74) is 5.42. The number of aliphatic hydroxyl groups excluding tert-OH is 2. The lowest BCUT2D eigenvalue weighted by Crippen LogP contribution is -2.32. The van der Waals surface area contributed by atoms with Crippen LogP contribution in [0.4, 0.5) is 0 Å². The van der Waals surface area contributed by atoms with Gasteiger partial charge in [-0.05, 0) is 155 Å². The van der Waals surface area contributed by atoms with Crippen LogP contribution in [0.1, 0.15) is 196 Å². The van der Waals surface area contributed by atoms with E-state index in [2.05, 4.69) is 9.47 Å². The molecule has 8 atom stereocenters. The third-order valence-corrected chi connectivity index (χ3v) is 17.9. The molecule has 7 aromatic carbocycles. The van der Waals surface area contributed by atoms with Crippen LogP contribution >= 0.6 is 0 Å². The molecule has 0 saturated heterocycles. The van der Waals surface area contributed by atoms with Gasteiger partial charge in [0.2, 0.25) is 0 Å². The molecule has 0 aliphatic carbocycles. The van der Waals surface area contributed by atoms with Gasteiger partial charge in [0.15, 0.2) is 23.1 Å². The molecule has 0 saturated carbocycles. The van der Waals surface area contributed by atoms with Crippen molar-refractivity contribution in [1.29, 1.82) is 0 Å². The van der Waals surface area contributed by atoms with E-state index in [0.717, 1.165) is 45.8 Å². The highest BCUT2D eigenvalue weighted by atomic mass is 32.2. The summed E-state index contributed by atoms with van der Waals surface area (Å²) in [7, 11) is 0.301. The smallest absolute Gasteiger partial charge is 0.337 e. The second-order valence-electron chi connectivity index (χ2n) is 28.0. The molecule has 3 N–H and O–H groups in total. The Morgan fingerprint density at radius 2 is 0.604 bits per heavy atom. The minimum Gasteiger partial charge on any atom is -0.491 e. The Morgan fingerprint density at radius 3 is 0.847 bits per heavy atom. The summed E-state index contributed by atoms with van der Waals surface area (Å²) in [6.07, 6.45) is -0.762. The Balaban J connectivity index is 0.000000370. The molecule has 0 unspecified atom stereocenters. The van der Waals surface area contributed by atoms with E-state index in [1.165, 1.54) is 21.3 Å². The maximum absolute atomic E-state index is 12.8. The normalized spacial score (nSPS) is 13.1. The third kappa shape index (κ3) is 36.3. The summed E-state index contributed by atoms with van der Waals surface area (Å²) in [6.45, 7) is 24.7. The van der Waals surface area contributed by atoms with Gasteiger partial charge < -0.3 is 53.2 Å². The lowest BCUT2D eigenvalue weighted by molar-refractivity contribution is -0.135. The zero-order chi connectivity index (χ0) is 82.8. The first kappa shape index (κ1) is 95.5. The van der Waals surface area contributed by atoms with Gasteiger partial charge >= 0.3 is 23.9 Å². The molecular formula is C88H114O22S. The number of benzene rings is 7. The van der Waals surface area contributed by atoms with Crippen LogP contribution in [0, 0.1) is 23.7 Å². The van der Waals surface area contributed by atoms with Crippen LogP contribution in [0.25, 0.3) is 0 Å². The Morgan fingerprint density at radius 1 is 0.342 bits per heavy atom. The number of carboxylic acids is 1. The largest absolute Gasteiger partial charge is 0.491 e. The Bertz CT molecular complexity index is 4000. The maximum Gasteiger partial charge on any atom is 0.337 e. The second-order valence-corrected chi connectivity index (χ2v) is 29.6. The number of ether oxygens (including phenoxy) is 8. The molecule has 0 aromatic heterocycles. The Labute approximate surface area is 655 Å². The second kappa shape index (κ2) is 50.9. The number of carbonyl (C=O) groups is 8. The number of methoxy groups -OCH3 is 3. The molecule has 22 nitrogen and oxygen atoms in total. The summed E-state index contributed by atoms with van der Waals surface area (Å²) in [6, 6.07) is 56.0. The fourth-order valence-electron chi connectivity index (χ4n) is 11.1. The molecule has 604 valence electrons. The van der Waals surface area contributed by atoms with Gasteiger partial charge in [-0.2, -0.15) is 8.42 Å². The molecule has 23 heteroatoms. The fraction of sp³-hybridized carbons (Fsp3) is 0.432. The van der Waals surface area contributed by atoms with E-state index in [-0.39, 0.29) is 107 Å². The molecule has 0 aliphatic rings. The maximum atomic E-state index is 12.8. The number of Topliss-reactive ketones (excluding diaryl/α,β-unsaturated/α-hetero) is 4. The molecule has 0 spiro atoms. The van der Waals surface area contributed by atoms with Gasteiger partial charge in [-0.25, -0.2) is 19.2 Å². The van der Waals surface area contributed by atoms with E-state index in [9.17, 15) is 51.9 Å². The summed E-state index contributed by atoms with van der Waals surface area (Å²) in [4.78, 5) is 95.1. The molecular weight excluding hydrogens is 1440 g/mol. The highest BCUT2D eigenvalue weighted by molar-refractivity contribution is 7.86. The van der Waals surface area contributed by atoms with Crippen molar-refractivity contribution in [1.82, 2.24) is 0 Å². The number of carboxylic acid groups (broad SMARTS) is 1. The zero-order valence-corrected chi connectivity index (χ0v) is 67.7. The molecule has 0 heterocycles. The van der Waals surface area contributed by atoms with E-state index in [1.54, 1.807) is 86.6 Å². The van der Waals surface area contributed by atoms with Crippen LogP contribution in [0.15, 0.2) is 188 Å². The molecule has 0 bridgehead atoms. The van der Waals surface area contributed by atoms with Crippen LogP contribution < -0.4 is 14.2 Å². The number of hydrogen-bond donors (Lipinski definition) is 3. The van der Waals surface area contributed by atoms with Gasteiger partial charge in [-0.1, -0.05) is 186 Å². The number of hydrogen-bond acceptors (Lipinski definition) is 21. The van der Waals surface area contributed by atoms with Crippen LogP contribution in [0.3, 0.4) is 0 Å². The van der Waals surface area contributed by atoms with E-state index < -0.39 is 46.5 Å². The lowest BCUT2D eigenvalue weighted by Gasteiger charge is -2.22. The van der Waals surface area contributed by atoms with Crippen molar-refractivity contribution in [3.8, 4) is 17.2 Å². The highest BCUT2D eigenvalue weighted by Gasteiger charge is 2.30. The third-order valence-electron chi connectivity index (χ3n) is 17.4. The van der Waals surface area contributed by atoms with Gasteiger partial charge in [0.1, 0.15) is 61.5 Å². The molecule has 0 radical (unpaired) electrons. The van der Waals surface area contributed by atoms with Crippen LogP contribution in [0.2, 0.25) is 0 Å². The first-order valence-electron chi connectivity index (χ1n) is 37.1. The first-order valence-corrected chi connectivity index (χ1v) is 38.9. The van der Waals surface area contributed by atoms with Crippen molar-refractivity contribution >= 4 is 57.1 Å². The van der Waals surface area contributed by atoms with Gasteiger partial charge in [0, 0.05) is 25.7 Å². The number of aromatic carboxylic acids is 1. The summed E-state index contributed by atoms with van der Waals surface area (Å²) < 4.78 is 69.6. The summed E-state index contributed by atoms with van der Waals surface area (Å²) in [5, 5.41) is 27.1. The lowest BCUT2D eigenvalue weighted by atomic mass is 9.90. The first-order chi connectivity index (χ1) is 52.6. The topological polar surface area (TPSA) is 314 Å². The van der Waals surface area contributed by atoms with E-state index in [0.29, 0.717) is 62.6 Å². The highest BCUT2D eigenvalue weighted by Crippen LogP contribution is 2.28. The standard InChI is InChI=1S/C24H30O5.C23H28O5.C17H24O6S.C16H22O4.C8H10O2/c1-17(2)23(29-15-14-28-21-8-6-5-7-9-21)22(25)16-18(3)19-10-12-20(13-11-19)24(26)27-4;1-16(2)22(28-14-13-27-20-7-5-4-6-8-20)21(24)15-17(3)18-9-11-19(12-10-18)23(25)26;1-11(2)16(23-24(5,20)21)15(18)10-12(3)13-6-8-14(9-7-13)17(19)22-4;1-10(2)15(18)14(17)9-11(3)12-5-7-13(8-6-12)16(19)20-4;9-6-7-10-8-4-2-1-3-5-8/h5-13,17-18,23H,14-16H2,1-4H3;4-12,16-17,22H,13-15H2,1-3H3,(H,25,26);6-9,11-12,16H,10H2,1-5H3;5-8,10-11,15,18H,9H2,1-4H3;1-5,9H,6-7H2/t18-,23-;17-,22-;12-,16-;11-,15-;/m1111./s1. The summed E-state index contributed by atoms with van der Waals surface area (Å²) in [5.74, 6) is -0.359. The van der Waals surface area contributed by atoms with Crippen molar-refractivity contribution in [3.05, 3.63) is 233 Å². The average molecular weight is 1560 g/mol. The number of esters is 3. The molecule has 0 aliphatic heterocycles. The van der Waals surface area contributed by atoms with Gasteiger partial charge in [-0.15, -0.1) is 0 Å². The van der Waals surface area contributed by atoms with E-state index in [1.807, 2.05) is 184 Å². The van der Waals surface area contributed by atoms with E-state index >= 15 is 0 Å². The summed E-state index contributed by atoms with van der Waals surface area (Å²) >= 11 is 0. The minimum absolute atomic E-state index is 0.00240. The van der Waals surface area contributed by atoms with Crippen LogP contribution in [-0.2, 0) is 57.2 Å². The van der Waals surface area contributed by atoms with Crippen molar-refractivity contribution in [3.63, 3.8) is 0 Å². The molecule has 7 aromatic rings. The van der Waals surface area contributed by atoms with Crippen molar-refractivity contribution in [2.75, 3.05) is 67.2 Å². The Kier molecular flexibility index (Phi) is 43.8. The molecule has 7 rings (SSSR count). The molecule has 111 heavy (non-hydrogen) atoms. The van der Waals surface area contributed by atoms with Crippen molar-refractivity contribution < 1.29 is 104 Å². The van der Waals surface area contributed by atoms with Crippen LogP contribution in [0.5, 0.6) is 17.2 Å². The fourth-order valence-corrected chi connectivity index (χ4v) is 11.8. The van der Waals surface area contributed by atoms with Crippen molar-refractivity contribution in [2.45, 2.75) is 157 Å². The van der Waals surface area contributed by atoms with Crippen LogP contribution in [-0.4, -0.2) is 162 Å². The Hall–Kier alpha value is -9.75. The zero-order valence-electron chi connectivity index (χ0n) is 66.9. The number of ketones is 4. The predicted molar refractivity (Wildman–Crippen MR) is 426 cm³/mol. The monoisotopic (exact) mass is 1550 g/mol. The number of aliphatic hydroxyl groups is 2. The molecule has 0 amide bonds. The van der Waals surface area contributed by atoms with E-state index in [4.69, 9.17) is 42.8 Å². The van der Waals surface area contributed by atoms with Gasteiger partial charge in [-0.3, -0.25) is 23.4 Å².